The van der Waals surface area contributed by atoms with E-state index in [9.17, 15) is 14.2 Å². The van der Waals surface area contributed by atoms with Gasteiger partial charge in [0.15, 0.2) is 5.92 Å². The molecule has 0 spiro atoms. The van der Waals surface area contributed by atoms with Crippen LogP contribution in [0.3, 0.4) is 0 Å². The summed E-state index contributed by atoms with van der Waals surface area (Å²) in [6.07, 6.45) is 1.35. The third kappa shape index (κ3) is 5.42. The Bertz CT molecular complexity index is 555. The third-order valence-corrected chi connectivity index (χ3v) is 5.66. The molecule has 9 heteroatoms. The quantitative estimate of drug-likeness (QED) is 0.329. The molecule has 0 aliphatic carbocycles. The van der Waals surface area contributed by atoms with Crippen LogP contribution in [-0.4, -0.2) is 38.4 Å². The predicted octanol–water partition coefficient (Wildman–Crippen LogP) is 3.33. The second kappa shape index (κ2) is 10.4. The van der Waals surface area contributed by atoms with Crippen LogP contribution in [0.15, 0.2) is 22.8 Å². The summed E-state index contributed by atoms with van der Waals surface area (Å²) >= 11 is 0. The van der Waals surface area contributed by atoms with E-state index in [1.807, 2.05) is 0 Å². The Balaban J connectivity index is 3.46. The van der Waals surface area contributed by atoms with Gasteiger partial charge in [-0.05, 0) is 39.8 Å². The van der Waals surface area contributed by atoms with Gasteiger partial charge in [0.25, 0.3) is 0 Å². The Morgan fingerprint density at radius 3 is 1.88 bits per heavy atom. The predicted molar refractivity (Wildman–Crippen MR) is 89.1 cm³/mol. The molecular formula is C16H25O8P. The number of carbonyl (C=O) groups excluding carboxylic acids is 2. The summed E-state index contributed by atoms with van der Waals surface area (Å²) in [7, 11) is -3.92. The summed E-state index contributed by atoms with van der Waals surface area (Å²) in [6.45, 7) is 6.70. The lowest BCUT2D eigenvalue weighted by Gasteiger charge is -2.28. The second-order valence-electron chi connectivity index (χ2n) is 4.82. The SMILES string of the molecule is CCOC(=O)C(C(=O)OCC)C(c1ccco1)P(=O)(OCC)OCC. The molecule has 1 heterocycles. The molecule has 0 aliphatic rings. The van der Waals surface area contributed by atoms with E-state index >= 15 is 0 Å². The zero-order valence-corrected chi connectivity index (χ0v) is 15.8. The fourth-order valence-corrected chi connectivity index (χ4v) is 4.52. The fraction of sp³-hybridized carbons (Fsp3) is 0.625. The molecule has 1 unspecified atom stereocenters. The first kappa shape index (κ1) is 21.4. The lowest BCUT2D eigenvalue weighted by atomic mass is 10.0. The number of furan rings is 1. The summed E-state index contributed by atoms with van der Waals surface area (Å²) in [5, 5.41) is 0. The van der Waals surface area contributed by atoms with Gasteiger partial charge in [0.05, 0.1) is 32.7 Å². The van der Waals surface area contributed by atoms with Gasteiger partial charge in [0.2, 0.25) is 0 Å². The molecule has 0 bridgehead atoms. The van der Waals surface area contributed by atoms with E-state index in [2.05, 4.69) is 0 Å². The monoisotopic (exact) mass is 376 g/mol. The first-order valence-corrected chi connectivity index (χ1v) is 9.81. The van der Waals surface area contributed by atoms with Crippen LogP contribution in [0.5, 0.6) is 0 Å². The fourth-order valence-electron chi connectivity index (χ4n) is 2.34. The third-order valence-electron chi connectivity index (χ3n) is 3.19. The van der Waals surface area contributed by atoms with Crippen LogP contribution < -0.4 is 0 Å². The molecule has 8 nitrogen and oxygen atoms in total. The molecule has 1 atom stereocenters. The Kier molecular flexibility index (Phi) is 8.89. The van der Waals surface area contributed by atoms with E-state index < -0.39 is 31.1 Å². The molecule has 1 aromatic heterocycles. The molecule has 0 aliphatic heterocycles. The van der Waals surface area contributed by atoms with Crippen molar-refractivity contribution in [2.45, 2.75) is 33.4 Å². The van der Waals surface area contributed by atoms with E-state index in [4.69, 9.17) is 22.9 Å². The van der Waals surface area contributed by atoms with Crippen LogP contribution in [0.2, 0.25) is 0 Å². The van der Waals surface area contributed by atoms with E-state index in [1.165, 1.54) is 12.3 Å². The zero-order chi connectivity index (χ0) is 18.9. The van der Waals surface area contributed by atoms with E-state index in [0.29, 0.717) is 0 Å². The molecule has 0 saturated heterocycles. The van der Waals surface area contributed by atoms with Crippen LogP contribution in [0.1, 0.15) is 39.1 Å². The molecule has 0 saturated carbocycles. The molecule has 25 heavy (non-hydrogen) atoms. The van der Waals surface area contributed by atoms with Crippen molar-refractivity contribution >= 4 is 19.5 Å². The van der Waals surface area contributed by atoms with Gasteiger partial charge in [0.1, 0.15) is 11.4 Å². The highest BCUT2D eigenvalue weighted by molar-refractivity contribution is 7.54. The standard InChI is InChI=1S/C16H25O8P/c1-5-20-15(17)13(16(18)21-6-2)14(12-10-9-11-22-12)25(19,23-7-3)24-8-4/h9-11,13-14H,5-8H2,1-4H3. The van der Waals surface area contributed by atoms with Crippen molar-refractivity contribution in [3.63, 3.8) is 0 Å². The second-order valence-corrected chi connectivity index (χ2v) is 6.97. The van der Waals surface area contributed by atoms with Crippen molar-refractivity contribution in [2.75, 3.05) is 26.4 Å². The first-order valence-electron chi connectivity index (χ1n) is 8.20. The van der Waals surface area contributed by atoms with Gasteiger partial charge in [-0.1, -0.05) is 0 Å². The molecule has 1 rings (SSSR count). The largest absolute Gasteiger partial charge is 0.468 e. The molecule has 0 radical (unpaired) electrons. The van der Waals surface area contributed by atoms with E-state index in [0.717, 1.165) is 0 Å². The normalized spacial score (nSPS) is 12.8. The average molecular weight is 376 g/mol. The topological polar surface area (TPSA) is 101 Å². The van der Waals surface area contributed by atoms with Crippen LogP contribution in [-0.2, 0) is 32.7 Å². The van der Waals surface area contributed by atoms with Crippen LogP contribution in [0.4, 0.5) is 0 Å². The van der Waals surface area contributed by atoms with Crippen molar-refractivity contribution in [3.05, 3.63) is 24.2 Å². The van der Waals surface area contributed by atoms with Crippen LogP contribution in [0, 0.1) is 5.92 Å². The number of ether oxygens (including phenoxy) is 2. The van der Waals surface area contributed by atoms with Crippen LogP contribution >= 0.6 is 7.60 Å². The maximum atomic E-state index is 13.4. The Morgan fingerprint density at radius 1 is 1.00 bits per heavy atom. The van der Waals surface area contributed by atoms with Gasteiger partial charge in [-0.25, -0.2) is 0 Å². The minimum Gasteiger partial charge on any atom is -0.468 e. The lowest BCUT2D eigenvalue weighted by molar-refractivity contribution is -0.162. The minimum atomic E-state index is -3.92. The maximum Gasteiger partial charge on any atom is 0.342 e. The van der Waals surface area contributed by atoms with Gasteiger partial charge in [0, 0.05) is 0 Å². The number of hydrogen-bond acceptors (Lipinski definition) is 8. The molecule has 1 aromatic rings. The molecule has 0 amide bonds. The minimum absolute atomic E-state index is 0.0488. The Labute approximate surface area is 147 Å². The molecule has 0 aromatic carbocycles. The summed E-state index contributed by atoms with van der Waals surface area (Å²) in [6, 6.07) is 3.05. The summed E-state index contributed by atoms with van der Waals surface area (Å²) in [5.74, 6) is -3.16. The summed E-state index contributed by atoms with van der Waals surface area (Å²) in [4.78, 5) is 24.9. The molecule has 142 valence electrons. The van der Waals surface area contributed by atoms with Crippen molar-refractivity contribution in [2.24, 2.45) is 5.92 Å². The van der Waals surface area contributed by atoms with Crippen LogP contribution in [0.25, 0.3) is 0 Å². The molecule has 0 N–H and O–H groups in total. The van der Waals surface area contributed by atoms with Gasteiger partial charge < -0.3 is 22.9 Å². The van der Waals surface area contributed by atoms with E-state index in [1.54, 1.807) is 33.8 Å². The highest BCUT2D eigenvalue weighted by Crippen LogP contribution is 2.64. The Hall–Kier alpha value is -1.63. The highest BCUT2D eigenvalue weighted by Gasteiger charge is 2.52. The number of esters is 2. The van der Waals surface area contributed by atoms with Gasteiger partial charge in [-0.3, -0.25) is 14.2 Å². The lowest BCUT2D eigenvalue weighted by Crippen LogP contribution is -2.34. The van der Waals surface area contributed by atoms with E-state index in [-0.39, 0.29) is 32.2 Å². The summed E-state index contributed by atoms with van der Waals surface area (Å²) < 4.78 is 39.4. The van der Waals surface area contributed by atoms with Crippen molar-refractivity contribution in [3.8, 4) is 0 Å². The molecule has 0 fully saturated rings. The number of rotatable bonds is 11. The number of hydrogen-bond donors (Lipinski definition) is 0. The zero-order valence-electron chi connectivity index (χ0n) is 14.9. The number of carbonyl (C=O) groups is 2. The van der Waals surface area contributed by atoms with Crippen molar-refractivity contribution in [1.82, 2.24) is 0 Å². The average Bonchev–Trinajstić information content (AvgIpc) is 3.06. The van der Waals surface area contributed by atoms with Gasteiger partial charge >= 0.3 is 19.5 Å². The van der Waals surface area contributed by atoms with Gasteiger partial charge in [-0.15, -0.1) is 0 Å². The molecular weight excluding hydrogens is 351 g/mol. The van der Waals surface area contributed by atoms with Gasteiger partial charge in [-0.2, -0.15) is 0 Å². The highest BCUT2D eigenvalue weighted by atomic mass is 31.2. The Morgan fingerprint density at radius 2 is 1.52 bits per heavy atom. The summed E-state index contributed by atoms with van der Waals surface area (Å²) in [5.41, 5.74) is -1.31. The maximum absolute atomic E-state index is 13.4. The van der Waals surface area contributed by atoms with Crippen molar-refractivity contribution in [1.29, 1.82) is 0 Å². The van der Waals surface area contributed by atoms with Crippen molar-refractivity contribution < 1.29 is 37.1 Å². The first-order chi connectivity index (χ1) is 11.9. The smallest absolute Gasteiger partial charge is 0.342 e.